The summed E-state index contributed by atoms with van der Waals surface area (Å²) in [7, 11) is 0. The average molecular weight is 355 g/mol. The standard InChI is InChI=1S/C18H25N7O/c1-2-3-9-21-18-22-11-14(15-8-10-20-17(19)24-15)16(25-18)23-12-4-6-13(26)7-5-12/h8,10-11,13,26H,2-7,9H2,1H3,(H2,19,20,24)(H,21,22,25). The summed E-state index contributed by atoms with van der Waals surface area (Å²) in [6, 6.07) is 1.77. The molecule has 2 heterocycles. The monoisotopic (exact) mass is 355 g/mol. The van der Waals surface area contributed by atoms with Crippen molar-refractivity contribution < 1.29 is 5.11 Å². The van der Waals surface area contributed by atoms with Crippen molar-refractivity contribution in [1.82, 2.24) is 19.9 Å². The second kappa shape index (κ2) is 8.66. The molecule has 0 spiro atoms. The Labute approximate surface area is 153 Å². The topological polar surface area (TPSA) is 122 Å². The van der Waals surface area contributed by atoms with Gasteiger partial charge in [0.1, 0.15) is 0 Å². The third-order valence-corrected chi connectivity index (χ3v) is 4.33. The van der Waals surface area contributed by atoms with Crippen molar-refractivity contribution in [2.75, 3.05) is 17.6 Å². The molecule has 138 valence electrons. The number of aliphatic hydroxyl groups excluding tert-OH is 1. The predicted molar refractivity (Wildman–Crippen MR) is 102 cm³/mol. The van der Waals surface area contributed by atoms with Crippen LogP contribution in [0.2, 0.25) is 0 Å². The van der Waals surface area contributed by atoms with Gasteiger partial charge in [-0.3, -0.25) is 0 Å². The second-order valence-corrected chi connectivity index (χ2v) is 6.42. The number of rotatable bonds is 6. The Morgan fingerprint density at radius 3 is 2.81 bits per heavy atom. The van der Waals surface area contributed by atoms with Crippen molar-refractivity contribution in [2.45, 2.75) is 51.6 Å². The molecular formula is C18H25N7O. The lowest BCUT2D eigenvalue weighted by Gasteiger charge is -2.18. The fourth-order valence-corrected chi connectivity index (χ4v) is 2.82. The molecule has 0 atom stereocenters. The third kappa shape index (κ3) is 4.72. The zero-order chi connectivity index (χ0) is 18.4. The molecule has 0 aromatic carbocycles. The maximum Gasteiger partial charge on any atom is 0.224 e. The van der Waals surface area contributed by atoms with Gasteiger partial charge in [0.2, 0.25) is 11.9 Å². The smallest absolute Gasteiger partial charge is 0.224 e. The van der Waals surface area contributed by atoms with Gasteiger partial charge in [-0.2, -0.15) is 4.98 Å². The van der Waals surface area contributed by atoms with Crippen LogP contribution in [0, 0.1) is 0 Å². The highest BCUT2D eigenvalue weighted by atomic mass is 16.3. The van der Waals surface area contributed by atoms with Crippen LogP contribution >= 0.6 is 0 Å². The van der Waals surface area contributed by atoms with E-state index in [-0.39, 0.29) is 12.1 Å². The Morgan fingerprint density at radius 2 is 2.08 bits per heavy atom. The van der Waals surface area contributed by atoms with Gasteiger partial charge in [0.25, 0.3) is 0 Å². The summed E-state index contributed by atoms with van der Waals surface area (Å²) in [4.78, 5) is 21.9. The first-order valence-corrected chi connectivity index (χ1v) is 9.10. The van der Waals surface area contributed by atoms with Crippen LogP contribution < -0.4 is 11.1 Å². The first kappa shape index (κ1) is 18.2. The highest BCUT2D eigenvalue weighted by Crippen LogP contribution is 2.29. The Balaban J connectivity index is 1.93. The SMILES string of the molecule is CCCCNc1ncc(-c2ccnc(N)n2)c(N=C2CCC(O)CC2)n1. The zero-order valence-electron chi connectivity index (χ0n) is 15.0. The summed E-state index contributed by atoms with van der Waals surface area (Å²) in [5.74, 6) is 1.33. The van der Waals surface area contributed by atoms with E-state index in [1.165, 1.54) is 0 Å². The molecule has 1 fully saturated rings. The van der Waals surface area contributed by atoms with E-state index in [1.807, 2.05) is 0 Å². The number of nitrogens with two attached hydrogens (primary N) is 1. The normalized spacial score (nSPS) is 17.2. The molecule has 26 heavy (non-hydrogen) atoms. The quantitative estimate of drug-likeness (QED) is 0.681. The number of nitrogens with one attached hydrogen (secondary N) is 1. The molecule has 2 aromatic rings. The summed E-state index contributed by atoms with van der Waals surface area (Å²) in [6.07, 6.45) is 8.27. The average Bonchev–Trinajstić information content (AvgIpc) is 2.64. The second-order valence-electron chi connectivity index (χ2n) is 6.42. The van der Waals surface area contributed by atoms with Gasteiger partial charge in [-0.05, 0) is 38.2 Å². The number of aliphatic imine (C=N–C) groups is 1. The van der Waals surface area contributed by atoms with Gasteiger partial charge in [-0.25, -0.2) is 19.9 Å². The van der Waals surface area contributed by atoms with E-state index in [9.17, 15) is 5.11 Å². The van der Waals surface area contributed by atoms with Gasteiger partial charge in [-0.1, -0.05) is 13.3 Å². The molecule has 0 radical (unpaired) electrons. The highest BCUT2D eigenvalue weighted by Gasteiger charge is 2.17. The molecule has 0 saturated heterocycles. The molecule has 8 nitrogen and oxygen atoms in total. The summed E-state index contributed by atoms with van der Waals surface area (Å²) < 4.78 is 0. The van der Waals surface area contributed by atoms with Crippen molar-refractivity contribution in [3.63, 3.8) is 0 Å². The van der Waals surface area contributed by atoms with E-state index >= 15 is 0 Å². The van der Waals surface area contributed by atoms with E-state index < -0.39 is 0 Å². The van der Waals surface area contributed by atoms with Gasteiger partial charge in [0.05, 0.1) is 17.4 Å². The first-order chi connectivity index (χ1) is 12.7. The molecule has 0 unspecified atom stereocenters. The molecular weight excluding hydrogens is 330 g/mol. The van der Waals surface area contributed by atoms with E-state index in [4.69, 9.17) is 10.7 Å². The van der Waals surface area contributed by atoms with E-state index in [0.717, 1.165) is 56.3 Å². The molecule has 8 heteroatoms. The maximum absolute atomic E-state index is 9.70. The lowest BCUT2D eigenvalue weighted by molar-refractivity contribution is 0.152. The van der Waals surface area contributed by atoms with Crippen molar-refractivity contribution >= 4 is 23.4 Å². The Kier molecular flexibility index (Phi) is 6.06. The van der Waals surface area contributed by atoms with Crippen LogP contribution in [0.25, 0.3) is 11.3 Å². The van der Waals surface area contributed by atoms with Gasteiger partial charge in [-0.15, -0.1) is 0 Å². The number of nitrogen functional groups attached to an aromatic ring is 1. The fraction of sp³-hybridized carbons (Fsp3) is 0.500. The molecule has 0 aliphatic heterocycles. The maximum atomic E-state index is 9.70. The van der Waals surface area contributed by atoms with Gasteiger partial charge in [0.15, 0.2) is 5.82 Å². The van der Waals surface area contributed by atoms with Crippen LogP contribution in [-0.4, -0.2) is 43.4 Å². The number of aliphatic hydroxyl groups is 1. The number of anilines is 2. The predicted octanol–water partition coefficient (Wildman–Crippen LogP) is 2.74. The van der Waals surface area contributed by atoms with Crippen molar-refractivity contribution in [3.05, 3.63) is 18.5 Å². The molecule has 1 saturated carbocycles. The number of aromatic nitrogens is 4. The van der Waals surface area contributed by atoms with Crippen LogP contribution in [0.5, 0.6) is 0 Å². The van der Waals surface area contributed by atoms with Crippen LogP contribution in [0.3, 0.4) is 0 Å². The number of unbranched alkanes of at least 4 members (excludes halogenated alkanes) is 1. The lowest BCUT2D eigenvalue weighted by atomic mass is 9.96. The van der Waals surface area contributed by atoms with Crippen molar-refractivity contribution in [2.24, 2.45) is 4.99 Å². The minimum atomic E-state index is -0.230. The molecule has 4 N–H and O–H groups in total. The fourth-order valence-electron chi connectivity index (χ4n) is 2.82. The Hall–Kier alpha value is -2.61. The summed E-state index contributed by atoms with van der Waals surface area (Å²) in [5.41, 5.74) is 8.12. The van der Waals surface area contributed by atoms with Crippen molar-refractivity contribution in [3.8, 4) is 11.3 Å². The number of nitrogens with zero attached hydrogens (tertiary/aromatic N) is 5. The molecule has 1 aliphatic rings. The minimum Gasteiger partial charge on any atom is -0.393 e. The number of hydrogen-bond acceptors (Lipinski definition) is 8. The highest BCUT2D eigenvalue weighted by molar-refractivity contribution is 5.89. The molecule has 1 aliphatic carbocycles. The summed E-state index contributed by atoms with van der Waals surface area (Å²) in [6.45, 7) is 2.96. The van der Waals surface area contributed by atoms with Crippen molar-refractivity contribution in [1.29, 1.82) is 0 Å². The molecule has 0 amide bonds. The van der Waals surface area contributed by atoms with E-state index in [1.54, 1.807) is 18.5 Å². The van der Waals surface area contributed by atoms with Crippen LogP contribution in [0.1, 0.15) is 45.4 Å². The molecule has 2 aromatic heterocycles. The summed E-state index contributed by atoms with van der Waals surface area (Å²) in [5, 5.41) is 12.9. The minimum absolute atomic E-state index is 0.201. The number of hydrogen-bond donors (Lipinski definition) is 3. The molecule has 3 rings (SSSR count). The van der Waals surface area contributed by atoms with E-state index in [2.05, 4.69) is 32.2 Å². The largest absolute Gasteiger partial charge is 0.393 e. The van der Waals surface area contributed by atoms with Gasteiger partial charge >= 0.3 is 0 Å². The Morgan fingerprint density at radius 1 is 1.27 bits per heavy atom. The lowest BCUT2D eigenvalue weighted by Crippen LogP contribution is -2.17. The van der Waals surface area contributed by atoms with Crippen LogP contribution in [0.15, 0.2) is 23.5 Å². The third-order valence-electron chi connectivity index (χ3n) is 4.33. The van der Waals surface area contributed by atoms with E-state index in [0.29, 0.717) is 17.5 Å². The van der Waals surface area contributed by atoms with Gasteiger partial charge in [0, 0.05) is 24.7 Å². The molecule has 0 bridgehead atoms. The summed E-state index contributed by atoms with van der Waals surface area (Å²) >= 11 is 0. The van der Waals surface area contributed by atoms with Gasteiger partial charge < -0.3 is 16.2 Å². The van der Waals surface area contributed by atoms with Crippen LogP contribution in [-0.2, 0) is 0 Å². The zero-order valence-corrected chi connectivity index (χ0v) is 15.0. The Bertz CT molecular complexity index is 768. The first-order valence-electron chi connectivity index (χ1n) is 9.10. The van der Waals surface area contributed by atoms with Crippen LogP contribution in [0.4, 0.5) is 17.7 Å².